The normalized spacial score (nSPS) is 33.8. The standard InChI is InChI=1S/C13H23NO2/c1-9(2)4-3-7-14-10-5-6-12(14)11(8-10)13(15)16/h9-12H,3-8H2,1-2H3,(H,15,16). The van der Waals surface area contributed by atoms with E-state index in [1.807, 2.05) is 0 Å². The Hall–Kier alpha value is -0.570. The summed E-state index contributed by atoms with van der Waals surface area (Å²) >= 11 is 0. The Morgan fingerprint density at radius 3 is 2.75 bits per heavy atom. The van der Waals surface area contributed by atoms with Crippen molar-refractivity contribution in [3.63, 3.8) is 0 Å². The second-order valence-corrected chi connectivity index (χ2v) is 5.75. The van der Waals surface area contributed by atoms with Gasteiger partial charge in [0.25, 0.3) is 0 Å². The molecule has 3 nitrogen and oxygen atoms in total. The van der Waals surface area contributed by atoms with Gasteiger partial charge in [0, 0.05) is 12.1 Å². The molecule has 2 rings (SSSR count). The highest BCUT2D eigenvalue weighted by atomic mass is 16.4. The number of fused-ring (bicyclic) bond motifs is 2. The Morgan fingerprint density at radius 1 is 1.44 bits per heavy atom. The van der Waals surface area contributed by atoms with Crippen LogP contribution in [-0.4, -0.2) is 34.6 Å². The van der Waals surface area contributed by atoms with E-state index in [2.05, 4.69) is 18.7 Å². The third-order valence-electron chi connectivity index (χ3n) is 4.20. The summed E-state index contributed by atoms with van der Waals surface area (Å²) in [5, 5.41) is 9.14. The summed E-state index contributed by atoms with van der Waals surface area (Å²) in [7, 11) is 0. The summed E-state index contributed by atoms with van der Waals surface area (Å²) in [5.41, 5.74) is 0. The molecule has 3 atom stereocenters. The molecule has 2 saturated heterocycles. The van der Waals surface area contributed by atoms with Crippen molar-refractivity contribution in [1.82, 2.24) is 4.90 Å². The third-order valence-corrected chi connectivity index (χ3v) is 4.20. The molecule has 2 bridgehead atoms. The van der Waals surface area contributed by atoms with E-state index in [9.17, 15) is 4.79 Å². The van der Waals surface area contributed by atoms with Gasteiger partial charge in [-0.3, -0.25) is 9.69 Å². The van der Waals surface area contributed by atoms with Crippen molar-refractivity contribution in [3.8, 4) is 0 Å². The molecule has 0 aromatic heterocycles. The fourth-order valence-corrected chi connectivity index (χ4v) is 3.40. The van der Waals surface area contributed by atoms with E-state index >= 15 is 0 Å². The van der Waals surface area contributed by atoms with Crippen LogP contribution in [0, 0.1) is 11.8 Å². The lowest BCUT2D eigenvalue weighted by Gasteiger charge is -2.22. The van der Waals surface area contributed by atoms with Crippen LogP contribution in [0.3, 0.4) is 0 Å². The first-order chi connectivity index (χ1) is 7.59. The maximum atomic E-state index is 11.1. The van der Waals surface area contributed by atoms with Gasteiger partial charge in [-0.2, -0.15) is 0 Å². The molecule has 1 N–H and O–H groups in total. The van der Waals surface area contributed by atoms with Crippen molar-refractivity contribution in [2.75, 3.05) is 6.54 Å². The van der Waals surface area contributed by atoms with Crippen molar-refractivity contribution in [2.45, 2.75) is 58.0 Å². The molecule has 0 amide bonds. The van der Waals surface area contributed by atoms with Gasteiger partial charge in [0.15, 0.2) is 0 Å². The van der Waals surface area contributed by atoms with Crippen LogP contribution in [0.5, 0.6) is 0 Å². The summed E-state index contributed by atoms with van der Waals surface area (Å²) in [6.45, 7) is 5.61. The van der Waals surface area contributed by atoms with Crippen molar-refractivity contribution in [1.29, 1.82) is 0 Å². The first-order valence-corrected chi connectivity index (χ1v) is 6.58. The van der Waals surface area contributed by atoms with E-state index < -0.39 is 5.97 Å². The van der Waals surface area contributed by atoms with Crippen LogP contribution >= 0.6 is 0 Å². The van der Waals surface area contributed by atoms with Crippen molar-refractivity contribution in [3.05, 3.63) is 0 Å². The zero-order valence-electron chi connectivity index (χ0n) is 10.4. The van der Waals surface area contributed by atoms with E-state index in [4.69, 9.17) is 5.11 Å². The third kappa shape index (κ3) is 2.24. The first kappa shape index (κ1) is 11.9. The van der Waals surface area contributed by atoms with E-state index in [0.717, 1.165) is 25.3 Å². The molecule has 0 spiro atoms. The van der Waals surface area contributed by atoms with Crippen LogP contribution in [0.1, 0.15) is 46.0 Å². The zero-order valence-corrected chi connectivity index (χ0v) is 10.4. The predicted molar refractivity (Wildman–Crippen MR) is 63.3 cm³/mol. The topological polar surface area (TPSA) is 40.5 Å². The van der Waals surface area contributed by atoms with Crippen molar-refractivity contribution in [2.24, 2.45) is 11.8 Å². The van der Waals surface area contributed by atoms with Crippen LogP contribution in [0.4, 0.5) is 0 Å². The second kappa shape index (κ2) is 4.74. The van der Waals surface area contributed by atoms with Gasteiger partial charge in [-0.1, -0.05) is 13.8 Å². The maximum Gasteiger partial charge on any atom is 0.308 e. The Kier molecular flexibility index (Phi) is 3.53. The summed E-state index contributed by atoms with van der Waals surface area (Å²) in [6, 6.07) is 0.910. The molecule has 92 valence electrons. The van der Waals surface area contributed by atoms with E-state index in [0.29, 0.717) is 12.1 Å². The molecule has 2 aliphatic rings. The number of hydrogen-bond acceptors (Lipinski definition) is 2. The van der Waals surface area contributed by atoms with Crippen molar-refractivity contribution < 1.29 is 9.90 Å². The van der Waals surface area contributed by atoms with Crippen LogP contribution in [0.15, 0.2) is 0 Å². The van der Waals surface area contributed by atoms with Gasteiger partial charge in [0.05, 0.1) is 5.92 Å². The fraction of sp³-hybridized carbons (Fsp3) is 0.923. The van der Waals surface area contributed by atoms with Crippen LogP contribution in [-0.2, 0) is 4.79 Å². The van der Waals surface area contributed by atoms with E-state index in [-0.39, 0.29) is 5.92 Å². The zero-order chi connectivity index (χ0) is 11.7. The number of aliphatic carboxylic acids is 1. The molecule has 2 heterocycles. The monoisotopic (exact) mass is 225 g/mol. The van der Waals surface area contributed by atoms with Gasteiger partial charge < -0.3 is 5.11 Å². The summed E-state index contributed by atoms with van der Waals surface area (Å²) in [6.07, 6.45) is 5.69. The summed E-state index contributed by atoms with van der Waals surface area (Å²) in [4.78, 5) is 13.6. The number of carboxylic acid groups (broad SMARTS) is 1. The predicted octanol–water partition coefficient (Wildman–Crippen LogP) is 2.36. The van der Waals surface area contributed by atoms with Gasteiger partial charge in [-0.15, -0.1) is 0 Å². The maximum absolute atomic E-state index is 11.1. The minimum Gasteiger partial charge on any atom is -0.481 e. The number of nitrogens with zero attached hydrogens (tertiary/aromatic N) is 1. The quantitative estimate of drug-likeness (QED) is 0.781. The summed E-state index contributed by atoms with van der Waals surface area (Å²) < 4.78 is 0. The first-order valence-electron chi connectivity index (χ1n) is 6.58. The number of hydrogen-bond donors (Lipinski definition) is 1. The summed E-state index contributed by atoms with van der Waals surface area (Å²) in [5.74, 6) is 0.0920. The van der Waals surface area contributed by atoms with E-state index in [1.165, 1.54) is 19.3 Å². The smallest absolute Gasteiger partial charge is 0.308 e. The second-order valence-electron chi connectivity index (χ2n) is 5.75. The van der Waals surface area contributed by atoms with Gasteiger partial charge in [-0.05, 0) is 44.6 Å². The molecule has 0 saturated carbocycles. The van der Waals surface area contributed by atoms with E-state index in [1.54, 1.807) is 0 Å². The van der Waals surface area contributed by atoms with Crippen LogP contribution in [0.2, 0.25) is 0 Å². The molecular formula is C13H23NO2. The van der Waals surface area contributed by atoms with Gasteiger partial charge in [0.2, 0.25) is 0 Å². The highest BCUT2D eigenvalue weighted by molar-refractivity contribution is 5.71. The van der Waals surface area contributed by atoms with Crippen molar-refractivity contribution >= 4 is 5.97 Å². The fourth-order valence-electron chi connectivity index (χ4n) is 3.40. The van der Waals surface area contributed by atoms with Gasteiger partial charge in [-0.25, -0.2) is 0 Å². The lowest BCUT2D eigenvalue weighted by Crippen LogP contribution is -2.33. The minimum absolute atomic E-state index is 0.0854. The average molecular weight is 225 g/mol. The van der Waals surface area contributed by atoms with Gasteiger partial charge in [0.1, 0.15) is 0 Å². The Morgan fingerprint density at radius 2 is 2.19 bits per heavy atom. The minimum atomic E-state index is -0.582. The lowest BCUT2D eigenvalue weighted by molar-refractivity contribution is -0.142. The lowest BCUT2D eigenvalue weighted by atomic mass is 9.89. The highest BCUT2D eigenvalue weighted by Crippen LogP contribution is 2.41. The molecule has 0 aromatic rings. The van der Waals surface area contributed by atoms with Crippen LogP contribution < -0.4 is 0 Å². The van der Waals surface area contributed by atoms with Gasteiger partial charge >= 0.3 is 5.97 Å². The molecule has 2 aliphatic heterocycles. The Balaban J connectivity index is 1.85. The molecule has 0 aromatic carbocycles. The molecule has 2 fully saturated rings. The molecule has 3 unspecified atom stereocenters. The Bertz CT molecular complexity index is 265. The largest absolute Gasteiger partial charge is 0.481 e. The SMILES string of the molecule is CC(C)CCCN1C2CCC1C(C(=O)O)C2. The molecular weight excluding hydrogens is 202 g/mol. The Labute approximate surface area is 97.8 Å². The molecule has 0 aliphatic carbocycles. The number of rotatable bonds is 5. The molecule has 16 heavy (non-hydrogen) atoms. The molecule has 0 radical (unpaired) electrons. The molecule has 3 heteroatoms. The number of carbonyl (C=O) groups is 1. The van der Waals surface area contributed by atoms with Crippen LogP contribution in [0.25, 0.3) is 0 Å². The number of carboxylic acids is 1. The average Bonchev–Trinajstić information content (AvgIpc) is 2.74. The highest BCUT2D eigenvalue weighted by Gasteiger charge is 2.48.